The van der Waals surface area contributed by atoms with Crippen LogP contribution in [0.1, 0.15) is 5.56 Å². The van der Waals surface area contributed by atoms with Crippen LogP contribution in [-0.2, 0) is 0 Å². The minimum absolute atomic E-state index is 0.158. The SMILES string of the molecule is Cc1cc(-c2cc(F)cc(F)c2)cn2nc(N)nc12. The lowest BCUT2D eigenvalue weighted by Gasteiger charge is -2.05. The van der Waals surface area contributed by atoms with E-state index in [0.717, 1.165) is 11.6 Å². The Hall–Kier alpha value is -2.50. The molecule has 2 aromatic heterocycles. The van der Waals surface area contributed by atoms with Crippen molar-refractivity contribution in [1.29, 1.82) is 0 Å². The van der Waals surface area contributed by atoms with E-state index >= 15 is 0 Å². The first kappa shape index (κ1) is 11.6. The zero-order chi connectivity index (χ0) is 13.6. The first-order valence-corrected chi connectivity index (χ1v) is 5.62. The molecule has 0 saturated carbocycles. The molecule has 4 nitrogen and oxygen atoms in total. The van der Waals surface area contributed by atoms with Crippen LogP contribution in [0.2, 0.25) is 0 Å². The van der Waals surface area contributed by atoms with Crippen LogP contribution in [0.15, 0.2) is 30.5 Å². The smallest absolute Gasteiger partial charge is 0.240 e. The van der Waals surface area contributed by atoms with Crippen molar-refractivity contribution in [3.63, 3.8) is 0 Å². The number of hydrogen-bond donors (Lipinski definition) is 1. The number of pyridine rings is 1. The molecule has 96 valence electrons. The molecular weight excluding hydrogens is 250 g/mol. The third-order valence-electron chi connectivity index (χ3n) is 2.83. The normalized spacial score (nSPS) is 11.1. The van der Waals surface area contributed by atoms with Gasteiger partial charge in [0, 0.05) is 17.8 Å². The highest BCUT2D eigenvalue weighted by Gasteiger charge is 2.09. The molecule has 0 fully saturated rings. The molecule has 3 rings (SSSR count). The lowest BCUT2D eigenvalue weighted by atomic mass is 10.1. The molecule has 0 atom stereocenters. The van der Waals surface area contributed by atoms with Crippen molar-refractivity contribution in [2.45, 2.75) is 6.92 Å². The Kier molecular flexibility index (Phi) is 2.45. The molecule has 0 radical (unpaired) electrons. The number of nitrogens with two attached hydrogens (primary N) is 1. The number of anilines is 1. The average Bonchev–Trinajstić information content (AvgIpc) is 2.69. The quantitative estimate of drug-likeness (QED) is 0.731. The van der Waals surface area contributed by atoms with Gasteiger partial charge in [-0.05, 0) is 36.2 Å². The van der Waals surface area contributed by atoms with Crippen LogP contribution in [0.5, 0.6) is 0 Å². The molecule has 0 saturated heterocycles. The molecule has 0 bridgehead atoms. The minimum atomic E-state index is -0.620. The molecule has 2 heterocycles. The van der Waals surface area contributed by atoms with Gasteiger partial charge in [0.15, 0.2) is 5.65 Å². The van der Waals surface area contributed by atoms with E-state index in [9.17, 15) is 8.78 Å². The van der Waals surface area contributed by atoms with E-state index in [1.165, 1.54) is 16.6 Å². The summed E-state index contributed by atoms with van der Waals surface area (Å²) >= 11 is 0. The lowest BCUT2D eigenvalue weighted by molar-refractivity contribution is 0.584. The maximum absolute atomic E-state index is 13.2. The fourth-order valence-corrected chi connectivity index (χ4v) is 2.04. The van der Waals surface area contributed by atoms with Gasteiger partial charge in [0.1, 0.15) is 11.6 Å². The van der Waals surface area contributed by atoms with E-state index in [1.807, 2.05) is 6.92 Å². The van der Waals surface area contributed by atoms with Crippen LogP contribution in [0.3, 0.4) is 0 Å². The Morgan fingerprint density at radius 2 is 1.74 bits per heavy atom. The number of rotatable bonds is 1. The highest BCUT2D eigenvalue weighted by Crippen LogP contribution is 2.24. The van der Waals surface area contributed by atoms with E-state index in [0.29, 0.717) is 16.8 Å². The molecule has 6 heteroatoms. The van der Waals surface area contributed by atoms with Gasteiger partial charge in [-0.2, -0.15) is 4.98 Å². The Balaban J connectivity index is 2.24. The Morgan fingerprint density at radius 3 is 2.42 bits per heavy atom. The maximum Gasteiger partial charge on any atom is 0.240 e. The summed E-state index contributed by atoms with van der Waals surface area (Å²) in [6, 6.07) is 5.16. The van der Waals surface area contributed by atoms with Crippen molar-refractivity contribution in [2.24, 2.45) is 0 Å². The molecule has 0 spiro atoms. The Labute approximate surface area is 107 Å². The predicted molar refractivity (Wildman–Crippen MR) is 67.5 cm³/mol. The molecule has 0 aliphatic heterocycles. The van der Waals surface area contributed by atoms with Crippen LogP contribution in [0.4, 0.5) is 14.7 Å². The largest absolute Gasteiger partial charge is 0.366 e. The van der Waals surface area contributed by atoms with Crippen molar-refractivity contribution in [2.75, 3.05) is 5.73 Å². The van der Waals surface area contributed by atoms with E-state index in [4.69, 9.17) is 5.73 Å². The maximum atomic E-state index is 13.2. The molecule has 0 aliphatic rings. The van der Waals surface area contributed by atoms with Crippen LogP contribution in [-0.4, -0.2) is 14.6 Å². The number of benzene rings is 1. The van der Waals surface area contributed by atoms with Gasteiger partial charge in [-0.1, -0.05) is 0 Å². The third-order valence-corrected chi connectivity index (χ3v) is 2.83. The van der Waals surface area contributed by atoms with Crippen LogP contribution in [0, 0.1) is 18.6 Å². The summed E-state index contributed by atoms with van der Waals surface area (Å²) in [6.07, 6.45) is 1.64. The van der Waals surface area contributed by atoms with Crippen molar-refractivity contribution < 1.29 is 8.78 Å². The minimum Gasteiger partial charge on any atom is -0.366 e. The first-order chi connectivity index (χ1) is 9.02. The Morgan fingerprint density at radius 1 is 1.05 bits per heavy atom. The van der Waals surface area contributed by atoms with Gasteiger partial charge in [-0.3, -0.25) is 0 Å². The fourth-order valence-electron chi connectivity index (χ4n) is 2.04. The van der Waals surface area contributed by atoms with E-state index in [1.54, 1.807) is 12.3 Å². The summed E-state index contributed by atoms with van der Waals surface area (Å²) in [5.41, 5.74) is 8.07. The summed E-state index contributed by atoms with van der Waals surface area (Å²) in [7, 11) is 0. The number of halogens is 2. The molecule has 3 aromatic rings. The Bertz CT molecular complexity index is 759. The lowest BCUT2D eigenvalue weighted by Crippen LogP contribution is -1.93. The fraction of sp³-hybridized carbons (Fsp3) is 0.0769. The summed E-state index contributed by atoms with van der Waals surface area (Å²) in [6.45, 7) is 1.84. The summed E-state index contributed by atoms with van der Waals surface area (Å²) in [5.74, 6) is -1.08. The topological polar surface area (TPSA) is 56.2 Å². The number of aryl methyl sites for hydroxylation is 1. The zero-order valence-electron chi connectivity index (χ0n) is 10.1. The van der Waals surface area contributed by atoms with E-state index < -0.39 is 11.6 Å². The summed E-state index contributed by atoms with van der Waals surface area (Å²) < 4.78 is 28.0. The van der Waals surface area contributed by atoms with Crippen molar-refractivity contribution in [3.05, 3.63) is 47.7 Å². The summed E-state index contributed by atoms with van der Waals surface area (Å²) in [4.78, 5) is 4.06. The number of hydrogen-bond acceptors (Lipinski definition) is 3. The van der Waals surface area contributed by atoms with Crippen molar-refractivity contribution in [1.82, 2.24) is 14.6 Å². The molecular formula is C13H10F2N4. The van der Waals surface area contributed by atoms with Crippen LogP contribution < -0.4 is 5.73 Å². The standard InChI is InChI=1S/C13H10F2N4/c1-7-2-9(6-19-12(7)17-13(16)18-19)8-3-10(14)5-11(15)4-8/h2-6H,1H3,(H2,16,18). The van der Waals surface area contributed by atoms with Crippen molar-refractivity contribution in [3.8, 4) is 11.1 Å². The van der Waals surface area contributed by atoms with Crippen molar-refractivity contribution >= 4 is 11.6 Å². The highest BCUT2D eigenvalue weighted by atomic mass is 19.1. The van der Waals surface area contributed by atoms with Gasteiger partial charge in [0.05, 0.1) is 0 Å². The molecule has 19 heavy (non-hydrogen) atoms. The zero-order valence-corrected chi connectivity index (χ0v) is 10.1. The van der Waals surface area contributed by atoms with Gasteiger partial charge in [-0.15, -0.1) is 5.10 Å². The second kappa shape index (κ2) is 4.01. The van der Waals surface area contributed by atoms with Gasteiger partial charge < -0.3 is 5.73 Å². The monoisotopic (exact) mass is 260 g/mol. The van der Waals surface area contributed by atoms with Gasteiger partial charge >= 0.3 is 0 Å². The van der Waals surface area contributed by atoms with E-state index in [2.05, 4.69) is 10.1 Å². The third kappa shape index (κ3) is 2.01. The van der Waals surface area contributed by atoms with Gasteiger partial charge in [0.2, 0.25) is 5.95 Å². The molecule has 0 unspecified atom stereocenters. The number of fused-ring (bicyclic) bond motifs is 1. The van der Waals surface area contributed by atoms with Crippen LogP contribution >= 0.6 is 0 Å². The second-order valence-corrected chi connectivity index (χ2v) is 4.31. The molecule has 2 N–H and O–H groups in total. The first-order valence-electron chi connectivity index (χ1n) is 5.62. The molecule has 1 aromatic carbocycles. The van der Waals surface area contributed by atoms with E-state index in [-0.39, 0.29) is 5.95 Å². The number of aromatic nitrogens is 3. The van der Waals surface area contributed by atoms with Gasteiger partial charge in [-0.25, -0.2) is 13.3 Å². The number of nitrogens with zero attached hydrogens (tertiary/aromatic N) is 3. The summed E-state index contributed by atoms with van der Waals surface area (Å²) in [5, 5.41) is 4.00. The van der Waals surface area contributed by atoms with Gasteiger partial charge in [0.25, 0.3) is 0 Å². The molecule has 0 amide bonds. The number of nitrogen functional groups attached to an aromatic ring is 1. The predicted octanol–water partition coefficient (Wildman–Crippen LogP) is 2.57. The molecule has 0 aliphatic carbocycles. The average molecular weight is 260 g/mol. The van der Waals surface area contributed by atoms with Crippen LogP contribution in [0.25, 0.3) is 16.8 Å². The second-order valence-electron chi connectivity index (χ2n) is 4.31. The highest BCUT2D eigenvalue weighted by molar-refractivity contribution is 5.67.